The van der Waals surface area contributed by atoms with E-state index in [4.69, 9.17) is 5.10 Å². The average Bonchev–Trinajstić information content (AvgIpc) is 3.13. The molecule has 0 bridgehead atoms. The lowest BCUT2D eigenvalue weighted by molar-refractivity contribution is -0.116. The second-order valence-electron chi connectivity index (χ2n) is 9.55. The van der Waals surface area contributed by atoms with Crippen LogP contribution in [0.25, 0.3) is 5.69 Å². The maximum atomic E-state index is 12.8. The molecular weight excluding hydrogens is 390 g/mol. The first-order valence-corrected chi connectivity index (χ1v) is 11.1. The number of anilines is 1. The predicted octanol–water partition coefficient (Wildman–Crippen LogP) is 4.39. The van der Waals surface area contributed by atoms with Crippen LogP contribution in [0.3, 0.4) is 0 Å². The van der Waals surface area contributed by atoms with Crippen LogP contribution in [-0.2, 0) is 10.2 Å². The number of carbonyl (C=O) groups is 2. The standard InChI is InChI=1S/C24H35N5O2/c1-17-11-9-10-14-19(17)29-21(15-20(27-29)24(2,3)4)26-22(30)16-28(5)23(31)25-18-12-7-6-8-13-18/h9-11,14-15,18H,6-8,12-13,16H2,1-5H3,(H,25,31)(H,26,30). The van der Waals surface area contributed by atoms with Crippen LogP contribution in [0.5, 0.6) is 0 Å². The van der Waals surface area contributed by atoms with E-state index < -0.39 is 0 Å². The summed E-state index contributed by atoms with van der Waals surface area (Å²) in [6.45, 7) is 8.26. The van der Waals surface area contributed by atoms with Gasteiger partial charge in [0.15, 0.2) is 0 Å². The molecule has 1 aliphatic carbocycles. The summed E-state index contributed by atoms with van der Waals surface area (Å²) in [6, 6.07) is 9.85. The molecule has 1 fully saturated rings. The fraction of sp³-hybridized carbons (Fsp3) is 0.542. The van der Waals surface area contributed by atoms with Gasteiger partial charge in [-0.1, -0.05) is 58.2 Å². The summed E-state index contributed by atoms with van der Waals surface area (Å²) in [7, 11) is 1.65. The minimum atomic E-state index is -0.253. The van der Waals surface area contributed by atoms with Crippen molar-refractivity contribution in [3.63, 3.8) is 0 Å². The molecule has 0 atom stereocenters. The first-order valence-electron chi connectivity index (χ1n) is 11.1. The Labute approximate surface area is 185 Å². The Kier molecular flexibility index (Phi) is 7.03. The highest BCUT2D eigenvalue weighted by Gasteiger charge is 2.23. The van der Waals surface area contributed by atoms with Crippen molar-refractivity contribution in [2.24, 2.45) is 0 Å². The minimum Gasteiger partial charge on any atom is -0.335 e. The van der Waals surface area contributed by atoms with Crippen LogP contribution >= 0.6 is 0 Å². The van der Waals surface area contributed by atoms with Crippen LogP contribution in [-0.4, -0.2) is 46.3 Å². The first-order chi connectivity index (χ1) is 14.6. The quantitative estimate of drug-likeness (QED) is 0.746. The third-order valence-electron chi connectivity index (χ3n) is 5.75. The molecule has 1 aromatic carbocycles. The van der Waals surface area contributed by atoms with E-state index in [-0.39, 0.29) is 29.9 Å². The fourth-order valence-electron chi connectivity index (χ4n) is 3.82. The molecule has 168 valence electrons. The fourth-order valence-corrected chi connectivity index (χ4v) is 3.82. The summed E-state index contributed by atoms with van der Waals surface area (Å²) < 4.78 is 1.77. The van der Waals surface area contributed by atoms with Gasteiger partial charge in [0.05, 0.1) is 11.4 Å². The van der Waals surface area contributed by atoms with Crippen molar-refractivity contribution in [3.05, 3.63) is 41.6 Å². The average molecular weight is 426 g/mol. The number of aryl methyl sites for hydroxylation is 1. The van der Waals surface area contributed by atoms with Crippen molar-refractivity contribution in [1.82, 2.24) is 20.0 Å². The summed E-state index contributed by atoms with van der Waals surface area (Å²) in [5, 5.41) is 10.8. The van der Waals surface area contributed by atoms with Gasteiger partial charge in [-0.3, -0.25) is 4.79 Å². The molecule has 0 saturated heterocycles. The smallest absolute Gasteiger partial charge is 0.317 e. The molecule has 7 heteroatoms. The molecule has 0 aliphatic heterocycles. The zero-order valence-electron chi connectivity index (χ0n) is 19.4. The topological polar surface area (TPSA) is 79.3 Å². The van der Waals surface area contributed by atoms with Crippen molar-refractivity contribution < 1.29 is 9.59 Å². The number of hydrogen-bond acceptors (Lipinski definition) is 3. The van der Waals surface area contributed by atoms with Crippen LogP contribution in [0.4, 0.5) is 10.6 Å². The molecule has 3 amide bonds. The van der Waals surface area contributed by atoms with Crippen LogP contribution in [0, 0.1) is 6.92 Å². The lowest BCUT2D eigenvalue weighted by atomic mass is 9.92. The summed E-state index contributed by atoms with van der Waals surface area (Å²) in [5.74, 6) is 0.349. The van der Waals surface area contributed by atoms with E-state index >= 15 is 0 Å². The van der Waals surface area contributed by atoms with Crippen molar-refractivity contribution in [3.8, 4) is 5.69 Å². The normalized spacial score (nSPS) is 14.9. The maximum absolute atomic E-state index is 12.8. The number of aromatic nitrogens is 2. The first kappa shape index (κ1) is 22.8. The zero-order chi connectivity index (χ0) is 22.6. The Balaban J connectivity index is 1.72. The van der Waals surface area contributed by atoms with E-state index in [9.17, 15) is 9.59 Å². The molecule has 0 radical (unpaired) electrons. The van der Waals surface area contributed by atoms with Gasteiger partial charge < -0.3 is 15.5 Å². The number of rotatable bonds is 5. The largest absolute Gasteiger partial charge is 0.335 e. The zero-order valence-corrected chi connectivity index (χ0v) is 19.4. The summed E-state index contributed by atoms with van der Waals surface area (Å²) in [5.41, 5.74) is 2.70. The Morgan fingerprint density at radius 2 is 1.84 bits per heavy atom. The lowest BCUT2D eigenvalue weighted by Gasteiger charge is -2.26. The number of nitrogens with zero attached hydrogens (tertiary/aromatic N) is 3. The van der Waals surface area contributed by atoms with E-state index in [1.807, 2.05) is 37.3 Å². The summed E-state index contributed by atoms with van der Waals surface area (Å²) >= 11 is 0. The number of para-hydroxylation sites is 1. The molecule has 1 aliphatic rings. The van der Waals surface area contributed by atoms with Crippen LogP contribution in [0.2, 0.25) is 0 Å². The van der Waals surface area contributed by atoms with Crippen LogP contribution < -0.4 is 10.6 Å². The number of benzene rings is 1. The third kappa shape index (κ3) is 5.87. The maximum Gasteiger partial charge on any atom is 0.317 e. The SMILES string of the molecule is Cc1ccccc1-n1nc(C(C)(C)C)cc1NC(=O)CN(C)C(=O)NC1CCCCC1. The van der Waals surface area contributed by atoms with E-state index in [0.717, 1.165) is 42.6 Å². The monoisotopic (exact) mass is 425 g/mol. The van der Waals surface area contributed by atoms with Crippen molar-refractivity contribution in [2.75, 3.05) is 18.9 Å². The Hall–Kier alpha value is -2.83. The predicted molar refractivity (Wildman–Crippen MR) is 124 cm³/mol. The highest BCUT2D eigenvalue weighted by Crippen LogP contribution is 2.27. The number of nitrogens with one attached hydrogen (secondary N) is 2. The van der Waals surface area contributed by atoms with Gasteiger partial charge in [0.1, 0.15) is 12.4 Å². The van der Waals surface area contributed by atoms with E-state index in [1.54, 1.807) is 11.7 Å². The molecule has 1 saturated carbocycles. The van der Waals surface area contributed by atoms with E-state index in [0.29, 0.717) is 5.82 Å². The van der Waals surface area contributed by atoms with Gasteiger partial charge >= 0.3 is 6.03 Å². The molecule has 1 heterocycles. The van der Waals surface area contributed by atoms with Gasteiger partial charge in [0, 0.05) is 24.6 Å². The van der Waals surface area contributed by atoms with Gasteiger partial charge in [0.25, 0.3) is 0 Å². The molecular formula is C24H35N5O2. The lowest BCUT2D eigenvalue weighted by Crippen LogP contribution is -2.46. The third-order valence-corrected chi connectivity index (χ3v) is 5.75. The van der Waals surface area contributed by atoms with Crippen molar-refractivity contribution in [1.29, 1.82) is 0 Å². The van der Waals surface area contributed by atoms with Crippen LogP contribution in [0.1, 0.15) is 64.1 Å². The van der Waals surface area contributed by atoms with Gasteiger partial charge in [-0.25, -0.2) is 9.48 Å². The van der Waals surface area contributed by atoms with Gasteiger partial charge in [0.2, 0.25) is 5.91 Å². The molecule has 0 unspecified atom stereocenters. The number of amides is 3. The van der Waals surface area contributed by atoms with Crippen molar-refractivity contribution >= 4 is 17.8 Å². The number of carbonyl (C=O) groups excluding carboxylic acids is 2. The summed E-state index contributed by atoms with van der Waals surface area (Å²) in [4.78, 5) is 26.7. The summed E-state index contributed by atoms with van der Waals surface area (Å²) in [6.07, 6.45) is 5.55. The highest BCUT2D eigenvalue weighted by molar-refractivity contribution is 5.94. The minimum absolute atomic E-state index is 0.0254. The Bertz CT molecular complexity index is 922. The second kappa shape index (κ2) is 9.54. The van der Waals surface area contributed by atoms with Gasteiger partial charge in [-0.2, -0.15) is 5.10 Å². The number of likely N-dealkylation sites (N-methyl/N-ethyl adjacent to an activating group) is 1. The molecule has 1 aromatic heterocycles. The van der Waals surface area contributed by atoms with Crippen LogP contribution in [0.15, 0.2) is 30.3 Å². The highest BCUT2D eigenvalue weighted by atomic mass is 16.2. The second-order valence-corrected chi connectivity index (χ2v) is 9.55. The Morgan fingerprint density at radius 3 is 2.48 bits per heavy atom. The Morgan fingerprint density at radius 1 is 1.16 bits per heavy atom. The molecule has 0 spiro atoms. The molecule has 31 heavy (non-hydrogen) atoms. The molecule has 2 aromatic rings. The van der Waals surface area contributed by atoms with Gasteiger partial charge in [-0.05, 0) is 31.4 Å². The molecule has 7 nitrogen and oxygen atoms in total. The van der Waals surface area contributed by atoms with E-state index in [1.165, 1.54) is 11.3 Å². The molecule has 2 N–H and O–H groups in total. The number of urea groups is 1. The number of hydrogen-bond donors (Lipinski definition) is 2. The van der Waals surface area contributed by atoms with E-state index in [2.05, 4.69) is 31.4 Å². The van der Waals surface area contributed by atoms with Gasteiger partial charge in [-0.15, -0.1) is 0 Å². The molecule has 3 rings (SSSR count). The van der Waals surface area contributed by atoms with Crippen molar-refractivity contribution in [2.45, 2.75) is 71.3 Å².